The molecule has 2 unspecified atom stereocenters. The standard InChI is InChI=1S/C85H166O17P2/c1-6-9-12-15-18-21-24-27-30-33-35-36-39-42-45-48-51-54-61-65-70-84(89)101-80(74-95-82(87)68-63-58-52-49-46-43-40-38-34-31-28-25-22-19-16-13-10-7-2)76-99-103(91,92)97-72-79(86)73-98-104(93,94)100-77-81(75-96-83(88)69-64-59-56-55-57-62-67-78(4)5)102-85(90)71-66-60-53-50-47-44-41-37-32-29-26-23-20-17-14-11-8-3/h78-81,86H,6-77H2,1-5H3,(H,91,92)(H,93,94)/t79-,80-,81-/m1/s1. The molecule has 104 heavy (non-hydrogen) atoms. The van der Waals surface area contributed by atoms with Crippen LogP contribution in [0.3, 0.4) is 0 Å². The number of esters is 4. The maximum Gasteiger partial charge on any atom is 0.472 e. The Hall–Kier alpha value is -1.94. The van der Waals surface area contributed by atoms with Crippen LogP contribution < -0.4 is 0 Å². The van der Waals surface area contributed by atoms with Gasteiger partial charge in [-0.25, -0.2) is 9.13 Å². The van der Waals surface area contributed by atoms with Crippen LogP contribution in [-0.2, 0) is 65.4 Å². The van der Waals surface area contributed by atoms with Crippen LogP contribution in [0.2, 0.25) is 0 Å². The van der Waals surface area contributed by atoms with Crippen molar-refractivity contribution in [1.29, 1.82) is 0 Å². The second kappa shape index (κ2) is 77.8. The fourth-order valence-electron chi connectivity index (χ4n) is 13.3. The third kappa shape index (κ3) is 78.2. The molecule has 0 aliphatic heterocycles. The second-order valence-corrected chi connectivity index (χ2v) is 34.0. The zero-order chi connectivity index (χ0) is 76.2. The van der Waals surface area contributed by atoms with Crippen molar-refractivity contribution in [2.75, 3.05) is 39.6 Å². The van der Waals surface area contributed by atoms with Crippen molar-refractivity contribution >= 4 is 39.5 Å². The molecule has 3 N–H and O–H groups in total. The van der Waals surface area contributed by atoms with E-state index in [0.717, 1.165) is 96.3 Å². The summed E-state index contributed by atoms with van der Waals surface area (Å²) in [5.74, 6) is -1.42. The van der Waals surface area contributed by atoms with Crippen LogP contribution in [0.4, 0.5) is 0 Å². The molecule has 0 aromatic carbocycles. The summed E-state index contributed by atoms with van der Waals surface area (Å²) in [6.07, 6.45) is 71.1. The van der Waals surface area contributed by atoms with Crippen LogP contribution in [0.15, 0.2) is 0 Å². The van der Waals surface area contributed by atoms with Gasteiger partial charge in [0.15, 0.2) is 12.2 Å². The Balaban J connectivity index is 5.21. The highest BCUT2D eigenvalue weighted by molar-refractivity contribution is 7.47. The van der Waals surface area contributed by atoms with E-state index in [4.69, 9.17) is 37.0 Å². The van der Waals surface area contributed by atoms with E-state index in [1.165, 1.54) is 276 Å². The lowest BCUT2D eigenvalue weighted by Gasteiger charge is -2.21. The summed E-state index contributed by atoms with van der Waals surface area (Å²) in [4.78, 5) is 73.1. The normalized spacial score (nSPS) is 13.8. The fraction of sp³-hybridized carbons (Fsp3) is 0.953. The van der Waals surface area contributed by atoms with Crippen LogP contribution in [0.1, 0.15) is 458 Å². The summed E-state index contributed by atoms with van der Waals surface area (Å²) in [6, 6.07) is 0. The van der Waals surface area contributed by atoms with Crippen LogP contribution in [0.5, 0.6) is 0 Å². The molecule has 0 rings (SSSR count). The van der Waals surface area contributed by atoms with E-state index in [1.54, 1.807) is 0 Å². The summed E-state index contributed by atoms with van der Waals surface area (Å²) < 4.78 is 68.8. The number of carbonyl (C=O) groups excluding carboxylic acids is 4. The number of ether oxygens (including phenoxy) is 4. The van der Waals surface area contributed by atoms with Gasteiger partial charge >= 0.3 is 39.5 Å². The average Bonchev–Trinajstić information content (AvgIpc) is 0.920. The third-order valence-electron chi connectivity index (χ3n) is 20.0. The first-order valence-electron chi connectivity index (χ1n) is 44.1. The maximum atomic E-state index is 13.1. The minimum Gasteiger partial charge on any atom is -0.462 e. The predicted molar refractivity (Wildman–Crippen MR) is 428 cm³/mol. The first-order valence-corrected chi connectivity index (χ1v) is 47.1. The van der Waals surface area contributed by atoms with Gasteiger partial charge in [0.2, 0.25) is 0 Å². The Morgan fingerprint density at radius 2 is 0.442 bits per heavy atom. The minimum absolute atomic E-state index is 0.108. The summed E-state index contributed by atoms with van der Waals surface area (Å²) >= 11 is 0. The molecular weight excluding hydrogens is 1350 g/mol. The Morgan fingerprint density at radius 1 is 0.260 bits per heavy atom. The number of hydrogen-bond donors (Lipinski definition) is 3. The molecule has 19 heteroatoms. The Kier molecular flexibility index (Phi) is 76.3. The van der Waals surface area contributed by atoms with Gasteiger partial charge < -0.3 is 33.8 Å². The summed E-state index contributed by atoms with van der Waals surface area (Å²) in [7, 11) is -9.92. The number of phosphoric acid groups is 2. The highest BCUT2D eigenvalue weighted by atomic mass is 31.2. The summed E-state index contributed by atoms with van der Waals surface area (Å²) in [6.45, 7) is 7.28. The van der Waals surface area contributed by atoms with Crippen molar-refractivity contribution < 1.29 is 80.2 Å². The lowest BCUT2D eigenvalue weighted by Crippen LogP contribution is -2.30. The van der Waals surface area contributed by atoms with Gasteiger partial charge in [0, 0.05) is 25.7 Å². The lowest BCUT2D eigenvalue weighted by atomic mass is 10.0. The van der Waals surface area contributed by atoms with Crippen molar-refractivity contribution in [3.63, 3.8) is 0 Å². The molecule has 0 saturated heterocycles. The van der Waals surface area contributed by atoms with E-state index in [-0.39, 0.29) is 25.7 Å². The van der Waals surface area contributed by atoms with E-state index in [2.05, 4.69) is 34.6 Å². The molecule has 0 aliphatic rings. The van der Waals surface area contributed by atoms with Crippen LogP contribution in [0.25, 0.3) is 0 Å². The Labute approximate surface area is 638 Å². The summed E-state index contributed by atoms with van der Waals surface area (Å²) in [5.41, 5.74) is 0. The monoisotopic (exact) mass is 1520 g/mol. The van der Waals surface area contributed by atoms with E-state index >= 15 is 0 Å². The molecule has 0 heterocycles. The van der Waals surface area contributed by atoms with Gasteiger partial charge in [-0.15, -0.1) is 0 Å². The van der Waals surface area contributed by atoms with Crippen molar-refractivity contribution in [3.05, 3.63) is 0 Å². The molecule has 0 saturated carbocycles. The van der Waals surface area contributed by atoms with Crippen LogP contribution >= 0.6 is 15.6 Å². The smallest absolute Gasteiger partial charge is 0.462 e. The van der Waals surface area contributed by atoms with Crippen LogP contribution in [-0.4, -0.2) is 96.7 Å². The second-order valence-electron chi connectivity index (χ2n) is 31.1. The number of hydrogen-bond acceptors (Lipinski definition) is 15. The van der Waals surface area contributed by atoms with Crippen molar-refractivity contribution in [3.8, 4) is 0 Å². The number of rotatable bonds is 85. The zero-order valence-electron chi connectivity index (χ0n) is 68.2. The van der Waals surface area contributed by atoms with Gasteiger partial charge in [0.25, 0.3) is 0 Å². The van der Waals surface area contributed by atoms with Crippen LogP contribution in [0, 0.1) is 5.92 Å². The van der Waals surface area contributed by atoms with Gasteiger partial charge in [-0.2, -0.15) is 0 Å². The minimum atomic E-state index is -4.96. The average molecular weight is 1520 g/mol. The number of aliphatic hydroxyl groups excluding tert-OH is 1. The number of carbonyl (C=O) groups is 4. The van der Waals surface area contributed by atoms with Gasteiger partial charge in [-0.3, -0.25) is 37.3 Å². The molecule has 0 aliphatic carbocycles. The molecule has 0 spiro atoms. The largest absolute Gasteiger partial charge is 0.472 e. The van der Waals surface area contributed by atoms with Gasteiger partial charge in [-0.05, 0) is 31.6 Å². The predicted octanol–water partition coefficient (Wildman–Crippen LogP) is 26.0. The van der Waals surface area contributed by atoms with Crippen molar-refractivity contribution in [2.24, 2.45) is 5.92 Å². The lowest BCUT2D eigenvalue weighted by molar-refractivity contribution is -0.161. The molecular formula is C85H166O17P2. The molecule has 0 aromatic rings. The first kappa shape index (κ1) is 102. The van der Waals surface area contributed by atoms with Gasteiger partial charge in [-0.1, -0.05) is 407 Å². The molecule has 0 radical (unpaired) electrons. The molecule has 618 valence electrons. The number of unbranched alkanes of at least 4 members (excludes halogenated alkanes) is 57. The SMILES string of the molecule is CCCCCCCCCCCCCCCCCCCCCCC(=O)O[C@H](COC(=O)CCCCCCCCCCCCCCCCCCCC)COP(=O)(O)OC[C@@H](O)COP(=O)(O)OC[C@@H](COC(=O)CCCCCCCCC(C)C)OC(=O)CCCCCCCCCCCCCCCCCCC. The van der Waals surface area contributed by atoms with E-state index in [0.29, 0.717) is 31.6 Å². The molecule has 17 nitrogen and oxygen atoms in total. The topological polar surface area (TPSA) is 237 Å². The molecule has 0 aromatic heterocycles. The fourth-order valence-corrected chi connectivity index (χ4v) is 14.9. The van der Waals surface area contributed by atoms with E-state index < -0.39 is 97.5 Å². The Bertz CT molecular complexity index is 1980. The highest BCUT2D eigenvalue weighted by Crippen LogP contribution is 2.45. The van der Waals surface area contributed by atoms with E-state index in [9.17, 15) is 43.2 Å². The quantitative estimate of drug-likeness (QED) is 0.0222. The third-order valence-corrected chi connectivity index (χ3v) is 21.9. The first-order chi connectivity index (χ1) is 50.5. The molecule has 0 amide bonds. The molecule has 5 atom stereocenters. The number of aliphatic hydroxyl groups is 1. The summed E-state index contributed by atoms with van der Waals surface area (Å²) in [5, 5.41) is 10.7. The van der Waals surface area contributed by atoms with Gasteiger partial charge in [0.05, 0.1) is 26.4 Å². The van der Waals surface area contributed by atoms with Crippen molar-refractivity contribution in [1.82, 2.24) is 0 Å². The molecule has 0 bridgehead atoms. The zero-order valence-corrected chi connectivity index (χ0v) is 70.0. The highest BCUT2D eigenvalue weighted by Gasteiger charge is 2.30. The Morgan fingerprint density at radius 3 is 0.654 bits per heavy atom. The van der Waals surface area contributed by atoms with Crippen molar-refractivity contribution in [2.45, 2.75) is 477 Å². The molecule has 0 fully saturated rings. The van der Waals surface area contributed by atoms with Gasteiger partial charge in [0.1, 0.15) is 19.3 Å². The van der Waals surface area contributed by atoms with E-state index in [1.807, 2.05) is 0 Å². The number of phosphoric ester groups is 2. The maximum absolute atomic E-state index is 13.1.